The molecule has 61 heavy (non-hydrogen) atoms. The molecule has 0 aromatic heterocycles. The number of nitrogens with zero attached hydrogens (tertiary/aromatic N) is 2. The van der Waals surface area contributed by atoms with E-state index in [1.165, 1.54) is 32.9 Å². The average molecular weight is 1040 g/mol. The number of hydrogen-bond acceptors (Lipinski definition) is 4. The quantitative estimate of drug-likeness (QED) is 0.0485. The van der Waals surface area contributed by atoms with Gasteiger partial charge in [-0.3, -0.25) is 12.2 Å². The summed E-state index contributed by atoms with van der Waals surface area (Å²) in [5, 5.41) is 0. The van der Waals surface area contributed by atoms with E-state index >= 15 is 0 Å². The molecule has 2 aliphatic rings. The normalized spacial score (nSPS) is 12.6. The molecule has 0 radical (unpaired) electrons. The van der Waals surface area contributed by atoms with Gasteiger partial charge < -0.3 is 0 Å². The van der Waals surface area contributed by atoms with Gasteiger partial charge in [0.05, 0.1) is 9.79 Å². The van der Waals surface area contributed by atoms with Crippen molar-refractivity contribution in [2.75, 3.05) is 26.2 Å². The second kappa shape index (κ2) is 28.7. The van der Waals surface area contributed by atoms with Crippen LogP contribution in [0.3, 0.4) is 0 Å². The van der Waals surface area contributed by atoms with Crippen molar-refractivity contribution in [3.63, 3.8) is 0 Å². The predicted octanol–water partition coefficient (Wildman–Crippen LogP) is 11.7. The number of allylic oxidation sites excluding steroid dienone is 8. The number of benzene rings is 4. The summed E-state index contributed by atoms with van der Waals surface area (Å²) in [7, 11) is -7.09. The SMILES string of the molecule is CCN(CCCCc1ccc(F)[c-]c1F)S(=O)(=O)c1ccc(Br)cc1.CCN(CCCCc1ccc(F)[c-]c1F)S(=O)(=O)c1ccc(Br)cc1.[C-]1=CC=CC1.[C-]1=CC=CC1.[Ti+4]. The molecule has 324 valence electrons. The first-order valence-electron chi connectivity index (χ1n) is 19.4. The molecule has 4 aromatic carbocycles. The Kier molecular flexibility index (Phi) is 25.5. The Labute approximate surface area is 391 Å². The number of unbranched alkanes of at least 4 members (excludes halogenated alkanes) is 2. The summed E-state index contributed by atoms with van der Waals surface area (Å²) in [5.41, 5.74) is 0.778. The first-order valence-corrected chi connectivity index (χ1v) is 23.8. The van der Waals surface area contributed by atoms with Gasteiger partial charge in [0.25, 0.3) is 0 Å². The van der Waals surface area contributed by atoms with Gasteiger partial charge in [-0.15, -0.1) is 48.2 Å². The van der Waals surface area contributed by atoms with Gasteiger partial charge in [-0.1, -0.05) is 71.4 Å². The van der Waals surface area contributed by atoms with Crippen molar-refractivity contribution in [3.8, 4) is 0 Å². The third-order valence-corrected chi connectivity index (χ3v) is 13.9. The second-order valence-corrected chi connectivity index (χ2v) is 18.8. The Balaban J connectivity index is 0.000000335. The molecule has 0 atom stereocenters. The molecule has 0 unspecified atom stereocenters. The van der Waals surface area contributed by atoms with Crippen LogP contribution in [0.2, 0.25) is 0 Å². The van der Waals surface area contributed by atoms with E-state index in [0.717, 1.165) is 21.8 Å². The number of hydrogen-bond donors (Lipinski definition) is 0. The fourth-order valence-electron chi connectivity index (χ4n) is 5.63. The van der Waals surface area contributed by atoms with Crippen LogP contribution in [-0.4, -0.2) is 51.6 Å². The van der Waals surface area contributed by atoms with Crippen molar-refractivity contribution in [2.45, 2.75) is 75.0 Å². The van der Waals surface area contributed by atoms with Gasteiger partial charge in [0.2, 0.25) is 20.0 Å². The van der Waals surface area contributed by atoms with E-state index in [1.807, 2.05) is 36.4 Å². The third kappa shape index (κ3) is 19.1. The summed E-state index contributed by atoms with van der Waals surface area (Å²) in [6, 6.07) is 22.2. The molecule has 0 spiro atoms. The van der Waals surface area contributed by atoms with Crippen LogP contribution < -0.4 is 0 Å². The molecule has 15 heteroatoms. The molecule has 0 saturated carbocycles. The van der Waals surface area contributed by atoms with Crippen LogP contribution in [0.15, 0.2) is 128 Å². The van der Waals surface area contributed by atoms with E-state index in [4.69, 9.17) is 0 Å². The number of rotatable bonds is 16. The van der Waals surface area contributed by atoms with Gasteiger partial charge in [0.1, 0.15) is 0 Å². The fraction of sp³-hybridized carbons (Fsp3) is 0.304. The van der Waals surface area contributed by atoms with Gasteiger partial charge >= 0.3 is 21.7 Å². The van der Waals surface area contributed by atoms with Gasteiger partial charge in [-0.25, -0.2) is 58.7 Å². The summed E-state index contributed by atoms with van der Waals surface area (Å²) in [4.78, 5) is 0.494. The summed E-state index contributed by atoms with van der Waals surface area (Å²) in [6.07, 6.45) is 23.2. The molecule has 0 saturated heterocycles. The van der Waals surface area contributed by atoms with Crippen molar-refractivity contribution in [1.82, 2.24) is 8.61 Å². The Hall–Kier alpha value is -2.95. The summed E-state index contributed by atoms with van der Waals surface area (Å²) in [5.74, 6) is -2.82. The molecule has 2 aliphatic carbocycles. The van der Waals surface area contributed by atoms with Crippen molar-refractivity contribution >= 4 is 51.9 Å². The van der Waals surface area contributed by atoms with E-state index in [1.54, 1.807) is 62.4 Å². The first-order chi connectivity index (χ1) is 28.7. The minimum atomic E-state index is -3.54. The Morgan fingerprint density at radius 3 is 1.18 bits per heavy atom. The molecule has 0 amide bonds. The molecule has 4 aromatic rings. The fourth-order valence-corrected chi connectivity index (χ4v) is 9.13. The summed E-state index contributed by atoms with van der Waals surface area (Å²) >= 11 is 6.57. The van der Waals surface area contributed by atoms with Gasteiger partial charge in [0.15, 0.2) is 0 Å². The molecule has 0 fully saturated rings. The zero-order chi connectivity index (χ0) is 44.0. The molecule has 0 N–H and O–H groups in total. The van der Waals surface area contributed by atoms with Gasteiger partial charge in [0, 0.05) is 58.4 Å². The van der Waals surface area contributed by atoms with Gasteiger partial charge in [-0.05, 0) is 61.4 Å². The average Bonchev–Trinajstić information content (AvgIpc) is 4.01. The molecular weight excluding hydrogens is 992 g/mol. The van der Waals surface area contributed by atoms with E-state index in [-0.39, 0.29) is 31.5 Å². The van der Waals surface area contributed by atoms with Crippen molar-refractivity contribution in [2.24, 2.45) is 0 Å². The smallest absolute Gasteiger partial charge is 0.273 e. The first kappa shape index (κ1) is 54.2. The van der Waals surface area contributed by atoms with Crippen molar-refractivity contribution in [3.05, 3.63) is 177 Å². The maximum Gasteiger partial charge on any atom is 4.00 e. The van der Waals surface area contributed by atoms with Crippen LogP contribution in [0.25, 0.3) is 0 Å². The van der Waals surface area contributed by atoms with E-state index < -0.39 is 43.3 Å². The zero-order valence-corrected chi connectivity index (χ0v) is 40.4. The standard InChI is InChI=1S/2C18H19BrF2NO2S.2C5H5.Ti/c2*1-2-22(25(23,24)17-10-7-15(19)8-11-17)12-4-3-5-14-6-9-16(20)13-18(14)21;2*1-2-4-5-3-1;/h2*6-11H,2-5,12H2,1H3;2*1-3H,4H2;/q4*-1;+4. The molecule has 0 bridgehead atoms. The number of sulfonamides is 2. The zero-order valence-electron chi connectivity index (χ0n) is 34.0. The number of aryl methyl sites for hydroxylation is 2. The Morgan fingerprint density at radius 2 is 0.918 bits per heavy atom. The van der Waals surface area contributed by atoms with Crippen LogP contribution in [0.5, 0.6) is 0 Å². The van der Waals surface area contributed by atoms with Gasteiger partial charge in [-0.2, -0.15) is 32.9 Å². The van der Waals surface area contributed by atoms with Crippen LogP contribution in [0, 0.1) is 47.6 Å². The van der Waals surface area contributed by atoms with E-state index in [9.17, 15) is 34.4 Å². The van der Waals surface area contributed by atoms with Crippen LogP contribution >= 0.6 is 31.9 Å². The largest absolute Gasteiger partial charge is 4.00 e. The van der Waals surface area contributed by atoms with Crippen LogP contribution in [-0.2, 0) is 54.6 Å². The van der Waals surface area contributed by atoms with Crippen LogP contribution in [0.1, 0.15) is 63.5 Å². The second-order valence-electron chi connectivity index (χ2n) is 13.1. The Morgan fingerprint density at radius 1 is 0.557 bits per heavy atom. The molecule has 6 rings (SSSR count). The number of halogens is 6. The van der Waals surface area contributed by atoms with Crippen LogP contribution in [0.4, 0.5) is 17.6 Å². The maximum absolute atomic E-state index is 13.5. The van der Waals surface area contributed by atoms with Crippen molar-refractivity contribution in [1.29, 1.82) is 0 Å². The Bertz CT molecular complexity index is 2090. The monoisotopic (exact) mass is 1040 g/mol. The van der Waals surface area contributed by atoms with Crippen molar-refractivity contribution < 1.29 is 56.1 Å². The van der Waals surface area contributed by atoms with E-state index in [2.05, 4.69) is 56.2 Å². The molecule has 0 aliphatic heterocycles. The third-order valence-electron chi connectivity index (χ3n) is 8.87. The maximum atomic E-state index is 13.5. The topological polar surface area (TPSA) is 74.8 Å². The molecule has 6 nitrogen and oxygen atoms in total. The molecule has 0 heterocycles. The molecular formula is C46H48Br2F4N2O4S2Ti. The van der Waals surface area contributed by atoms with E-state index in [0.29, 0.717) is 75.8 Å². The summed E-state index contributed by atoms with van der Waals surface area (Å²) < 4.78 is 108. The minimum absolute atomic E-state index is 0. The summed E-state index contributed by atoms with van der Waals surface area (Å²) in [6.45, 7) is 4.98. The predicted molar refractivity (Wildman–Crippen MR) is 237 cm³/mol. The minimum Gasteiger partial charge on any atom is -0.273 e.